The lowest BCUT2D eigenvalue weighted by Crippen LogP contribution is -2.29. The normalized spacial score (nSPS) is 16.8. The van der Waals surface area contributed by atoms with Gasteiger partial charge >= 0.3 is 6.36 Å². The fourth-order valence-electron chi connectivity index (χ4n) is 4.22. The molecule has 1 heterocycles. The predicted octanol–water partition coefficient (Wildman–Crippen LogP) is 5.89. The SMILES string of the molecule is COc1cccc(C2/C(=C(\O)c3cc(Cl)c(OC)cc3OC)C(=O)C(=O)N2c2ccc(OC(F)(F)F)cc2)c1. The molecule has 0 aromatic heterocycles. The van der Waals surface area contributed by atoms with Crippen molar-refractivity contribution in [2.75, 3.05) is 26.2 Å². The monoisotopic (exact) mass is 563 g/mol. The average molecular weight is 564 g/mol. The van der Waals surface area contributed by atoms with Gasteiger partial charge in [0.05, 0.1) is 43.5 Å². The maximum Gasteiger partial charge on any atom is 0.573 e. The quantitative estimate of drug-likeness (QED) is 0.218. The van der Waals surface area contributed by atoms with Crippen molar-refractivity contribution in [1.82, 2.24) is 0 Å². The second-order valence-corrected chi connectivity index (χ2v) is 8.58. The van der Waals surface area contributed by atoms with Crippen molar-refractivity contribution < 1.29 is 46.8 Å². The van der Waals surface area contributed by atoms with E-state index in [1.807, 2.05) is 0 Å². The lowest BCUT2D eigenvalue weighted by atomic mass is 9.94. The van der Waals surface area contributed by atoms with Gasteiger partial charge < -0.3 is 24.1 Å². The highest BCUT2D eigenvalue weighted by molar-refractivity contribution is 6.51. The summed E-state index contributed by atoms with van der Waals surface area (Å²) in [6, 6.07) is 12.4. The minimum Gasteiger partial charge on any atom is -0.507 e. The van der Waals surface area contributed by atoms with Gasteiger partial charge in [-0.1, -0.05) is 23.7 Å². The van der Waals surface area contributed by atoms with E-state index >= 15 is 0 Å². The third-order valence-electron chi connectivity index (χ3n) is 5.93. The fourth-order valence-corrected chi connectivity index (χ4v) is 4.47. The molecule has 3 aromatic rings. The van der Waals surface area contributed by atoms with Crippen molar-refractivity contribution in [3.8, 4) is 23.0 Å². The summed E-state index contributed by atoms with van der Waals surface area (Å²) in [6.07, 6.45) is -4.91. The molecule has 1 unspecified atom stereocenters. The van der Waals surface area contributed by atoms with E-state index in [0.29, 0.717) is 11.3 Å². The summed E-state index contributed by atoms with van der Waals surface area (Å²) in [6.45, 7) is 0. The number of aliphatic hydroxyl groups is 1. The van der Waals surface area contributed by atoms with Crippen LogP contribution >= 0.6 is 11.6 Å². The molecule has 0 aliphatic carbocycles. The van der Waals surface area contributed by atoms with E-state index in [2.05, 4.69) is 4.74 Å². The van der Waals surface area contributed by atoms with Gasteiger partial charge in [0.15, 0.2) is 0 Å². The van der Waals surface area contributed by atoms with Crippen molar-refractivity contribution in [2.45, 2.75) is 12.4 Å². The van der Waals surface area contributed by atoms with E-state index in [0.717, 1.165) is 17.0 Å². The molecule has 4 rings (SSSR count). The first-order valence-corrected chi connectivity index (χ1v) is 11.6. The maximum absolute atomic E-state index is 13.4. The first-order valence-electron chi connectivity index (χ1n) is 11.2. The largest absolute Gasteiger partial charge is 0.573 e. The summed E-state index contributed by atoms with van der Waals surface area (Å²) in [5, 5.41) is 11.5. The Bertz CT molecular complexity index is 1450. The van der Waals surface area contributed by atoms with Crippen LogP contribution in [0.5, 0.6) is 23.0 Å². The zero-order chi connectivity index (χ0) is 28.5. The molecule has 3 aromatic carbocycles. The molecule has 1 saturated heterocycles. The van der Waals surface area contributed by atoms with Crippen molar-refractivity contribution >= 4 is 34.7 Å². The van der Waals surface area contributed by atoms with E-state index in [1.165, 1.54) is 45.6 Å². The molecule has 1 N–H and O–H groups in total. The number of carbonyl (C=O) groups is 2. The predicted molar refractivity (Wildman–Crippen MR) is 135 cm³/mol. The van der Waals surface area contributed by atoms with Crippen LogP contribution in [0.25, 0.3) is 5.76 Å². The Kier molecular flexibility index (Phi) is 7.64. The van der Waals surface area contributed by atoms with Crippen LogP contribution in [-0.2, 0) is 9.59 Å². The second kappa shape index (κ2) is 10.8. The number of methoxy groups -OCH3 is 3. The van der Waals surface area contributed by atoms with Gasteiger partial charge in [-0.2, -0.15) is 0 Å². The highest BCUT2D eigenvalue weighted by atomic mass is 35.5. The molecule has 8 nitrogen and oxygen atoms in total. The minimum absolute atomic E-state index is 0.0168. The van der Waals surface area contributed by atoms with Gasteiger partial charge in [-0.05, 0) is 48.0 Å². The number of amides is 1. The number of nitrogens with zero attached hydrogens (tertiary/aromatic N) is 1. The first kappa shape index (κ1) is 27.6. The van der Waals surface area contributed by atoms with Crippen molar-refractivity contribution in [2.24, 2.45) is 0 Å². The van der Waals surface area contributed by atoms with E-state index in [-0.39, 0.29) is 33.3 Å². The smallest absolute Gasteiger partial charge is 0.507 e. The van der Waals surface area contributed by atoms with Crippen LogP contribution < -0.4 is 23.8 Å². The molecule has 0 bridgehead atoms. The molecule has 39 heavy (non-hydrogen) atoms. The number of benzene rings is 3. The molecule has 12 heteroatoms. The molecule has 0 spiro atoms. The average Bonchev–Trinajstić information content (AvgIpc) is 3.17. The van der Waals surface area contributed by atoms with Crippen LogP contribution in [0, 0.1) is 0 Å². The third kappa shape index (κ3) is 5.44. The van der Waals surface area contributed by atoms with Gasteiger partial charge in [0.2, 0.25) is 0 Å². The van der Waals surface area contributed by atoms with Gasteiger partial charge in [0, 0.05) is 11.8 Å². The number of alkyl halides is 3. The zero-order valence-electron chi connectivity index (χ0n) is 20.7. The molecule has 204 valence electrons. The Morgan fingerprint density at radius 3 is 2.15 bits per heavy atom. The third-order valence-corrected chi connectivity index (χ3v) is 6.23. The van der Waals surface area contributed by atoms with Crippen LogP contribution in [0.2, 0.25) is 5.02 Å². The molecule has 1 fully saturated rings. The number of hydrogen-bond donors (Lipinski definition) is 1. The summed E-state index contributed by atoms with van der Waals surface area (Å²) >= 11 is 6.27. The Morgan fingerprint density at radius 2 is 1.56 bits per heavy atom. The van der Waals surface area contributed by atoms with Crippen molar-refractivity contribution in [1.29, 1.82) is 0 Å². The van der Waals surface area contributed by atoms with E-state index in [1.54, 1.807) is 24.3 Å². The number of anilines is 1. The molecular weight excluding hydrogens is 543 g/mol. The molecule has 1 amide bonds. The molecule has 1 aliphatic rings. The van der Waals surface area contributed by atoms with Crippen molar-refractivity contribution in [3.63, 3.8) is 0 Å². The van der Waals surface area contributed by atoms with E-state index < -0.39 is 35.6 Å². The molecule has 1 aliphatic heterocycles. The van der Waals surface area contributed by atoms with Crippen LogP contribution in [0.4, 0.5) is 18.9 Å². The highest BCUT2D eigenvalue weighted by Crippen LogP contribution is 2.45. The Labute approximate surface area is 225 Å². The fraction of sp³-hybridized carbons (Fsp3) is 0.185. The molecule has 0 radical (unpaired) electrons. The second-order valence-electron chi connectivity index (χ2n) is 8.17. The van der Waals surface area contributed by atoms with Gasteiger partial charge in [-0.15, -0.1) is 13.2 Å². The summed E-state index contributed by atoms with van der Waals surface area (Å²) in [7, 11) is 4.15. The van der Waals surface area contributed by atoms with E-state index in [9.17, 15) is 27.9 Å². The number of carbonyl (C=O) groups excluding carboxylic acids is 2. The van der Waals surface area contributed by atoms with Gasteiger partial charge in [0.1, 0.15) is 28.8 Å². The Balaban J connectivity index is 1.93. The number of hydrogen-bond acceptors (Lipinski definition) is 7. The number of ether oxygens (including phenoxy) is 4. The molecule has 0 saturated carbocycles. The first-order chi connectivity index (χ1) is 18.5. The van der Waals surface area contributed by atoms with Crippen molar-refractivity contribution in [3.05, 3.63) is 82.4 Å². The maximum atomic E-state index is 13.4. The van der Waals surface area contributed by atoms with Crippen LogP contribution in [0.3, 0.4) is 0 Å². The number of aliphatic hydroxyl groups excluding tert-OH is 1. The lowest BCUT2D eigenvalue weighted by molar-refractivity contribution is -0.274. The number of halogens is 4. The summed E-state index contributed by atoms with van der Waals surface area (Å²) < 4.78 is 57.7. The lowest BCUT2D eigenvalue weighted by Gasteiger charge is -2.26. The van der Waals surface area contributed by atoms with Gasteiger partial charge in [-0.3, -0.25) is 14.5 Å². The zero-order valence-corrected chi connectivity index (χ0v) is 21.5. The number of ketones is 1. The minimum atomic E-state index is -4.91. The summed E-state index contributed by atoms with van der Waals surface area (Å²) in [5.41, 5.74) is 0.175. The Hall–Kier alpha value is -4.38. The number of Topliss-reactive ketones (excluding diaryl/α,β-unsaturated/α-hetero) is 1. The van der Waals surface area contributed by atoms with Gasteiger partial charge in [0.25, 0.3) is 11.7 Å². The van der Waals surface area contributed by atoms with Gasteiger partial charge in [-0.25, -0.2) is 0 Å². The number of rotatable bonds is 7. The molecular formula is C27H21ClF3NO7. The van der Waals surface area contributed by atoms with Crippen LogP contribution in [-0.4, -0.2) is 44.5 Å². The highest BCUT2D eigenvalue weighted by Gasteiger charge is 2.47. The molecule has 1 atom stereocenters. The summed E-state index contributed by atoms with van der Waals surface area (Å²) in [5.74, 6) is -2.40. The van der Waals surface area contributed by atoms with Crippen LogP contribution in [0.1, 0.15) is 17.2 Å². The Morgan fingerprint density at radius 1 is 0.897 bits per heavy atom. The summed E-state index contributed by atoms with van der Waals surface area (Å²) in [4.78, 5) is 27.8. The topological polar surface area (TPSA) is 94.5 Å². The standard InChI is InChI=1S/C27H21ClF3NO7/c1-36-17-6-4-5-14(11-17)23-22(24(33)18-12-19(28)21(38-3)13-20(18)37-2)25(34)26(35)32(23)15-7-9-16(10-8-15)39-27(29,30)31/h4-13,23,33H,1-3H3/b24-22+. The van der Waals surface area contributed by atoms with Crippen LogP contribution in [0.15, 0.2) is 66.2 Å². The van der Waals surface area contributed by atoms with E-state index in [4.69, 9.17) is 25.8 Å².